The van der Waals surface area contributed by atoms with Gasteiger partial charge in [0.25, 0.3) is 0 Å². The van der Waals surface area contributed by atoms with Gasteiger partial charge in [-0.2, -0.15) is 0 Å². The predicted octanol–water partition coefficient (Wildman–Crippen LogP) is 1.10. The standard InChI is InChI=1S/C12H14FNO4/c1-7(11(15)16)14-10(12(17)18-2)8-3-5-9(13)6-4-8/h3-7,10,14H,1-2H3,(H,15,16). The molecule has 1 aromatic rings. The molecule has 2 N–H and O–H groups in total. The number of hydrogen-bond acceptors (Lipinski definition) is 4. The lowest BCUT2D eigenvalue weighted by molar-refractivity contribution is -0.144. The molecule has 0 fully saturated rings. The van der Waals surface area contributed by atoms with Gasteiger partial charge in [0.2, 0.25) is 0 Å². The summed E-state index contributed by atoms with van der Waals surface area (Å²) in [6.07, 6.45) is 0. The summed E-state index contributed by atoms with van der Waals surface area (Å²) in [5.74, 6) is -2.16. The Morgan fingerprint density at radius 3 is 2.33 bits per heavy atom. The minimum Gasteiger partial charge on any atom is -0.480 e. The summed E-state index contributed by atoms with van der Waals surface area (Å²) in [5, 5.41) is 11.4. The molecule has 0 aliphatic carbocycles. The number of aliphatic carboxylic acids is 1. The number of carbonyl (C=O) groups excluding carboxylic acids is 1. The average Bonchev–Trinajstić information content (AvgIpc) is 2.35. The SMILES string of the molecule is COC(=O)C(NC(C)C(=O)O)c1ccc(F)cc1. The molecule has 1 aromatic carbocycles. The van der Waals surface area contributed by atoms with Crippen LogP contribution in [0.25, 0.3) is 0 Å². The first kappa shape index (κ1) is 14.1. The molecule has 0 saturated carbocycles. The summed E-state index contributed by atoms with van der Waals surface area (Å²) in [7, 11) is 1.20. The Labute approximate surface area is 104 Å². The molecule has 0 aliphatic rings. The topological polar surface area (TPSA) is 75.6 Å². The molecule has 5 nitrogen and oxygen atoms in total. The van der Waals surface area contributed by atoms with Gasteiger partial charge in [0.1, 0.15) is 17.9 Å². The number of halogens is 1. The zero-order valence-corrected chi connectivity index (χ0v) is 10.0. The van der Waals surface area contributed by atoms with Crippen LogP contribution in [0.5, 0.6) is 0 Å². The molecule has 0 amide bonds. The number of carboxylic acid groups (broad SMARTS) is 1. The summed E-state index contributed by atoms with van der Waals surface area (Å²) < 4.78 is 17.4. The van der Waals surface area contributed by atoms with Crippen LogP contribution in [0.1, 0.15) is 18.5 Å². The number of ether oxygens (including phenoxy) is 1. The number of methoxy groups -OCH3 is 1. The van der Waals surface area contributed by atoms with E-state index in [1.54, 1.807) is 0 Å². The van der Waals surface area contributed by atoms with Gasteiger partial charge in [-0.25, -0.2) is 9.18 Å². The number of nitrogens with one attached hydrogen (secondary N) is 1. The number of rotatable bonds is 5. The van der Waals surface area contributed by atoms with Crippen molar-refractivity contribution in [3.8, 4) is 0 Å². The normalized spacial score (nSPS) is 13.7. The van der Waals surface area contributed by atoms with Crippen LogP contribution in [0.4, 0.5) is 4.39 Å². The molecule has 0 spiro atoms. The fourth-order valence-electron chi connectivity index (χ4n) is 1.39. The van der Waals surface area contributed by atoms with Gasteiger partial charge in [-0.1, -0.05) is 12.1 Å². The van der Waals surface area contributed by atoms with Crippen molar-refractivity contribution in [2.24, 2.45) is 0 Å². The minimum atomic E-state index is -1.09. The van der Waals surface area contributed by atoms with Crippen molar-refractivity contribution < 1.29 is 23.8 Å². The summed E-state index contributed by atoms with van der Waals surface area (Å²) in [5.41, 5.74) is 0.441. The molecule has 6 heteroatoms. The number of hydrogen-bond donors (Lipinski definition) is 2. The molecule has 18 heavy (non-hydrogen) atoms. The molecule has 0 heterocycles. The first-order valence-electron chi connectivity index (χ1n) is 5.28. The van der Waals surface area contributed by atoms with Crippen molar-refractivity contribution in [2.75, 3.05) is 7.11 Å². The van der Waals surface area contributed by atoms with Crippen LogP contribution in [-0.2, 0) is 14.3 Å². The van der Waals surface area contributed by atoms with Crippen LogP contribution < -0.4 is 5.32 Å². The third-order valence-electron chi connectivity index (χ3n) is 2.43. The van der Waals surface area contributed by atoms with E-state index in [4.69, 9.17) is 5.11 Å². The van der Waals surface area contributed by atoms with Gasteiger partial charge in [-0.3, -0.25) is 10.1 Å². The lowest BCUT2D eigenvalue weighted by Crippen LogP contribution is -2.40. The van der Waals surface area contributed by atoms with E-state index in [0.717, 1.165) is 0 Å². The largest absolute Gasteiger partial charge is 0.480 e. The predicted molar refractivity (Wildman–Crippen MR) is 61.4 cm³/mol. The zero-order valence-electron chi connectivity index (χ0n) is 10.0. The summed E-state index contributed by atoms with van der Waals surface area (Å²) >= 11 is 0. The Kier molecular flexibility index (Phi) is 4.79. The summed E-state index contributed by atoms with van der Waals surface area (Å²) in [6.45, 7) is 1.40. The highest BCUT2D eigenvalue weighted by Crippen LogP contribution is 2.16. The Morgan fingerprint density at radius 2 is 1.89 bits per heavy atom. The molecule has 1 rings (SSSR count). The van der Waals surface area contributed by atoms with Gasteiger partial charge < -0.3 is 9.84 Å². The molecule has 0 saturated heterocycles. The maximum atomic E-state index is 12.8. The molecule has 2 atom stereocenters. The van der Waals surface area contributed by atoms with Gasteiger partial charge in [0.05, 0.1) is 7.11 Å². The molecule has 0 radical (unpaired) electrons. The van der Waals surface area contributed by atoms with Crippen LogP contribution in [-0.4, -0.2) is 30.2 Å². The maximum absolute atomic E-state index is 12.8. The van der Waals surface area contributed by atoms with E-state index in [2.05, 4.69) is 10.1 Å². The van der Waals surface area contributed by atoms with E-state index in [0.29, 0.717) is 5.56 Å². The van der Waals surface area contributed by atoms with E-state index >= 15 is 0 Å². The van der Waals surface area contributed by atoms with Gasteiger partial charge >= 0.3 is 11.9 Å². The Hall–Kier alpha value is -1.95. The first-order chi connectivity index (χ1) is 8.45. The van der Waals surface area contributed by atoms with Crippen LogP contribution in [0.15, 0.2) is 24.3 Å². The second-order valence-corrected chi connectivity index (χ2v) is 3.73. The lowest BCUT2D eigenvalue weighted by atomic mass is 10.1. The minimum absolute atomic E-state index is 0.436. The van der Waals surface area contributed by atoms with E-state index in [-0.39, 0.29) is 0 Å². The number of carbonyl (C=O) groups is 2. The molecule has 0 bridgehead atoms. The van der Waals surface area contributed by atoms with E-state index in [1.807, 2.05) is 0 Å². The Morgan fingerprint density at radius 1 is 1.33 bits per heavy atom. The van der Waals surface area contributed by atoms with Crippen LogP contribution in [0.3, 0.4) is 0 Å². The number of carboxylic acids is 1. The van der Waals surface area contributed by atoms with Crippen molar-refractivity contribution in [3.63, 3.8) is 0 Å². The van der Waals surface area contributed by atoms with E-state index in [9.17, 15) is 14.0 Å². The quantitative estimate of drug-likeness (QED) is 0.771. The maximum Gasteiger partial charge on any atom is 0.327 e. The van der Waals surface area contributed by atoms with Gasteiger partial charge in [-0.15, -0.1) is 0 Å². The van der Waals surface area contributed by atoms with E-state index in [1.165, 1.54) is 38.3 Å². The van der Waals surface area contributed by atoms with Crippen molar-refractivity contribution in [1.82, 2.24) is 5.32 Å². The molecule has 0 aliphatic heterocycles. The Balaban J connectivity index is 2.94. The molecule has 2 unspecified atom stereocenters. The van der Waals surface area contributed by atoms with Crippen molar-refractivity contribution in [3.05, 3.63) is 35.6 Å². The molecular formula is C12H14FNO4. The van der Waals surface area contributed by atoms with Crippen molar-refractivity contribution in [2.45, 2.75) is 19.0 Å². The van der Waals surface area contributed by atoms with Gasteiger partial charge in [0, 0.05) is 0 Å². The second-order valence-electron chi connectivity index (χ2n) is 3.73. The molecular weight excluding hydrogens is 241 g/mol. The fraction of sp³-hybridized carbons (Fsp3) is 0.333. The highest BCUT2D eigenvalue weighted by molar-refractivity contribution is 5.79. The Bertz CT molecular complexity index is 432. The zero-order chi connectivity index (χ0) is 13.7. The van der Waals surface area contributed by atoms with Crippen molar-refractivity contribution >= 4 is 11.9 Å². The average molecular weight is 255 g/mol. The monoisotopic (exact) mass is 255 g/mol. The molecule has 0 aromatic heterocycles. The summed E-state index contributed by atoms with van der Waals surface area (Å²) in [6, 6.07) is 3.31. The fourth-order valence-corrected chi connectivity index (χ4v) is 1.39. The van der Waals surface area contributed by atoms with Gasteiger partial charge in [-0.05, 0) is 24.6 Å². The number of esters is 1. The highest BCUT2D eigenvalue weighted by atomic mass is 19.1. The first-order valence-corrected chi connectivity index (χ1v) is 5.28. The molecule has 98 valence electrons. The smallest absolute Gasteiger partial charge is 0.327 e. The summed E-state index contributed by atoms with van der Waals surface area (Å²) in [4.78, 5) is 22.3. The van der Waals surface area contributed by atoms with Crippen LogP contribution in [0.2, 0.25) is 0 Å². The lowest BCUT2D eigenvalue weighted by Gasteiger charge is -2.19. The van der Waals surface area contributed by atoms with Crippen LogP contribution >= 0.6 is 0 Å². The van der Waals surface area contributed by atoms with Gasteiger partial charge in [0.15, 0.2) is 0 Å². The van der Waals surface area contributed by atoms with E-state index < -0.39 is 29.8 Å². The van der Waals surface area contributed by atoms with Crippen molar-refractivity contribution in [1.29, 1.82) is 0 Å². The third kappa shape index (κ3) is 3.53. The second kappa shape index (κ2) is 6.11. The van der Waals surface area contributed by atoms with Crippen LogP contribution in [0, 0.1) is 5.82 Å². The number of benzene rings is 1. The third-order valence-corrected chi connectivity index (χ3v) is 2.43. The highest BCUT2D eigenvalue weighted by Gasteiger charge is 2.25.